The van der Waals surface area contributed by atoms with Gasteiger partial charge in [-0.1, -0.05) is 18.2 Å². The third-order valence-electron chi connectivity index (χ3n) is 3.04. The highest BCUT2D eigenvalue weighted by atomic mass is 79.9. The molecule has 108 valence electrons. The van der Waals surface area contributed by atoms with Crippen LogP contribution in [0.5, 0.6) is 0 Å². The van der Waals surface area contributed by atoms with Crippen LogP contribution in [0.2, 0.25) is 0 Å². The molecule has 0 amide bonds. The average Bonchev–Trinajstić information content (AvgIpc) is 2.78. The minimum Gasteiger partial charge on any atom is -0.452 e. The number of furan rings is 1. The number of nitrogens with zero attached hydrogens (tertiary/aromatic N) is 1. The summed E-state index contributed by atoms with van der Waals surface area (Å²) in [5.41, 5.74) is 1.26. The molecule has 0 saturated heterocycles. The first-order valence-electron chi connectivity index (χ1n) is 6.57. The fourth-order valence-corrected chi connectivity index (χ4v) is 2.60. The first-order valence-corrected chi connectivity index (χ1v) is 8.16. The zero-order valence-electron chi connectivity index (χ0n) is 11.4. The molecule has 0 atom stereocenters. The highest BCUT2D eigenvalue weighted by Crippen LogP contribution is 2.26. The molecule has 0 spiro atoms. The van der Waals surface area contributed by atoms with Crippen molar-refractivity contribution in [1.29, 1.82) is 0 Å². The first kappa shape index (κ1) is 15.6. The van der Waals surface area contributed by atoms with Crippen LogP contribution in [0.3, 0.4) is 0 Å². The van der Waals surface area contributed by atoms with E-state index in [9.17, 15) is 0 Å². The molecule has 0 aliphatic rings. The Balaban J connectivity index is 1.64. The molecule has 1 aromatic heterocycles. The standard InChI is InChI=1S/C15H18Br2N2O/c1-19(12-6-3-2-4-7-12)9-5-8-18-11-13-10-14(16)15(17)20-13/h2-4,6-7,10,18H,5,8-9,11H2,1H3. The Kier molecular flexibility index (Phi) is 6.13. The lowest BCUT2D eigenvalue weighted by molar-refractivity contribution is 0.463. The second-order valence-electron chi connectivity index (χ2n) is 4.62. The Hall–Kier alpha value is -0.780. The molecular formula is C15H18Br2N2O. The summed E-state index contributed by atoms with van der Waals surface area (Å²) in [6.07, 6.45) is 1.09. The summed E-state index contributed by atoms with van der Waals surface area (Å²) in [7, 11) is 2.12. The fourth-order valence-electron chi connectivity index (χ4n) is 1.94. The summed E-state index contributed by atoms with van der Waals surface area (Å²) < 4.78 is 7.21. The molecular weight excluding hydrogens is 384 g/mol. The molecule has 0 aliphatic heterocycles. The lowest BCUT2D eigenvalue weighted by Gasteiger charge is -2.19. The van der Waals surface area contributed by atoms with Crippen molar-refractivity contribution in [2.75, 3.05) is 25.0 Å². The number of rotatable bonds is 7. The van der Waals surface area contributed by atoms with E-state index in [1.165, 1.54) is 5.69 Å². The molecule has 2 rings (SSSR count). The van der Waals surface area contributed by atoms with E-state index >= 15 is 0 Å². The van der Waals surface area contributed by atoms with Crippen LogP contribution in [0.4, 0.5) is 5.69 Å². The van der Waals surface area contributed by atoms with Gasteiger partial charge in [0.1, 0.15) is 5.76 Å². The van der Waals surface area contributed by atoms with Crippen molar-refractivity contribution in [3.63, 3.8) is 0 Å². The van der Waals surface area contributed by atoms with Crippen molar-refractivity contribution in [1.82, 2.24) is 5.32 Å². The first-order chi connectivity index (χ1) is 9.66. The highest BCUT2D eigenvalue weighted by Gasteiger charge is 2.05. The van der Waals surface area contributed by atoms with Crippen molar-refractivity contribution in [2.24, 2.45) is 0 Å². The maximum Gasteiger partial charge on any atom is 0.183 e. The normalized spacial score (nSPS) is 10.8. The maximum atomic E-state index is 5.51. The van der Waals surface area contributed by atoms with Gasteiger partial charge >= 0.3 is 0 Å². The van der Waals surface area contributed by atoms with Gasteiger partial charge in [0.25, 0.3) is 0 Å². The zero-order chi connectivity index (χ0) is 14.4. The summed E-state index contributed by atoms with van der Waals surface area (Å²) in [6.45, 7) is 2.74. The van der Waals surface area contributed by atoms with E-state index in [0.717, 1.165) is 41.0 Å². The number of benzene rings is 1. The van der Waals surface area contributed by atoms with Gasteiger partial charge < -0.3 is 14.6 Å². The van der Waals surface area contributed by atoms with Crippen molar-refractivity contribution in [3.05, 3.63) is 51.3 Å². The summed E-state index contributed by atoms with van der Waals surface area (Å²) in [6, 6.07) is 12.4. The minimum absolute atomic E-state index is 0.748. The van der Waals surface area contributed by atoms with E-state index in [0.29, 0.717) is 0 Å². The van der Waals surface area contributed by atoms with E-state index in [1.54, 1.807) is 0 Å². The maximum absolute atomic E-state index is 5.51. The predicted octanol–water partition coefficient (Wildman–Crippen LogP) is 4.42. The molecule has 1 N–H and O–H groups in total. The number of hydrogen-bond donors (Lipinski definition) is 1. The summed E-state index contributed by atoms with van der Waals surface area (Å²) in [5, 5.41) is 3.39. The molecule has 3 nitrogen and oxygen atoms in total. The molecule has 0 fully saturated rings. The van der Waals surface area contributed by atoms with Crippen LogP contribution in [0.1, 0.15) is 12.2 Å². The van der Waals surface area contributed by atoms with Gasteiger partial charge in [0.05, 0.1) is 11.0 Å². The Morgan fingerprint density at radius 3 is 2.60 bits per heavy atom. The highest BCUT2D eigenvalue weighted by molar-refractivity contribution is 9.13. The number of hydrogen-bond acceptors (Lipinski definition) is 3. The molecule has 0 saturated carbocycles. The number of para-hydroxylation sites is 1. The van der Waals surface area contributed by atoms with Crippen molar-refractivity contribution < 1.29 is 4.42 Å². The minimum atomic E-state index is 0.748. The Morgan fingerprint density at radius 1 is 1.20 bits per heavy atom. The van der Waals surface area contributed by atoms with Gasteiger partial charge in [-0.15, -0.1) is 0 Å². The van der Waals surface area contributed by atoms with Crippen molar-refractivity contribution >= 4 is 37.5 Å². The average molecular weight is 402 g/mol. The van der Waals surface area contributed by atoms with Crippen LogP contribution in [0.25, 0.3) is 0 Å². The predicted molar refractivity (Wildman–Crippen MR) is 90.1 cm³/mol. The SMILES string of the molecule is CN(CCCNCc1cc(Br)c(Br)o1)c1ccccc1. The Labute approximate surface area is 136 Å². The van der Waals surface area contributed by atoms with E-state index in [-0.39, 0.29) is 0 Å². The summed E-state index contributed by atoms with van der Waals surface area (Å²) in [4.78, 5) is 2.27. The van der Waals surface area contributed by atoms with Crippen LogP contribution in [0, 0.1) is 0 Å². The van der Waals surface area contributed by atoms with Crippen molar-refractivity contribution in [2.45, 2.75) is 13.0 Å². The topological polar surface area (TPSA) is 28.4 Å². The Bertz CT molecular complexity index is 508. The number of nitrogens with one attached hydrogen (secondary N) is 1. The van der Waals surface area contributed by atoms with Gasteiger partial charge in [-0.05, 0) is 63.0 Å². The third kappa shape index (κ3) is 4.65. The number of halogens is 2. The van der Waals surface area contributed by atoms with E-state index in [4.69, 9.17) is 4.42 Å². The molecule has 0 aliphatic carbocycles. The van der Waals surface area contributed by atoms with E-state index in [1.807, 2.05) is 12.1 Å². The quantitative estimate of drug-likeness (QED) is 0.696. The largest absolute Gasteiger partial charge is 0.452 e. The van der Waals surface area contributed by atoms with E-state index < -0.39 is 0 Å². The van der Waals surface area contributed by atoms with Crippen LogP contribution in [0.15, 0.2) is 50.0 Å². The fraction of sp³-hybridized carbons (Fsp3) is 0.333. The second-order valence-corrected chi connectivity index (χ2v) is 6.20. The molecule has 1 heterocycles. The third-order valence-corrected chi connectivity index (χ3v) is 4.75. The van der Waals surface area contributed by atoms with Crippen LogP contribution in [-0.4, -0.2) is 20.1 Å². The van der Waals surface area contributed by atoms with Crippen molar-refractivity contribution in [3.8, 4) is 0 Å². The monoisotopic (exact) mass is 400 g/mol. The second kappa shape index (κ2) is 7.86. The van der Waals surface area contributed by atoms with Gasteiger partial charge in [-0.3, -0.25) is 0 Å². The van der Waals surface area contributed by atoms with Gasteiger partial charge in [0, 0.05) is 19.3 Å². The summed E-state index contributed by atoms with van der Waals surface area (Å²) in [5.74, 6) is 0.931. The lowest BCUT2D eigenvalue weighted by Crippen LogP contribution is -2.23. The molecule has 2 aromatic rings. The van der Waals surface area contributed by atoms with Crippen LogP contribution < -0.4 is 10.2 Å². The molecule has 0 unspecified atom stereocenters. The molecule has 20 heavy (non-hydrogen) atoms. The lowest BCUT2D eigenvalue weighted by atomic mass is 10.3. The molecule has 0 bridgehead atoms. The van der Waals surface area contributed by atoms with Gasteiger partial charge in [0.2, 0.25) is 0 Å². The Morgan fingerprint density at radius 2 is 1.95 bits per heavy atom. The number of anilines is 1. The van der Waals surface area contributed by atoms with Gasteiger partial charge in [-0.25, -0.2) is 0 Å². The molecule has 1 aromatic carbocycles. The van der Waals surface area contributed by atoms with Crippen LogP contribution >= 0.6 is 31.9 Å². The van der Waals surface area contributed by atoms with Gasteiger partial charge in [0.15, 0.2) is 4.67 Å². The summed E-state index contributed by atoms with van der Waals surface area (Å²) >= 11 is 6.74. The van der Waals surface area contributed by atoms with E-state index in [2.05, 4.69) is 73.4 Å². The molecule has 5 heteroatoms. The molecule has 0 radical (unpaired) electrons. The zero-order valence-corrected chi connectivity index (χ0v) is 14.6. The van der Waals surface area contributed by atoms with Gasteiger partial charge in [-0.2, -0.15) is 0 Å². The smallest absolute Gasteiger partial charge is 0.183 e. The van der Waals surface area contributed by atoms with Crippen LogP contribution in [-0.2, 0) is 6.54 Å².